The number of fused-ring (bicyclic) bond motifs is 1. The molecule has 0 N–H and O–H groups in total. The van der Waals surface area contributed by atoms with Crippen LogP contribution in [0.25, 0.3) is 22.3 Å². The summed E-state index contributed by atoms with van der Waals surface area (Å²) in [5, 5.41) is 0.498. The predicted octanol–water partition coefficient (Wildman–Crippen LogP) is 5.05. The van der Waals surface area contributed by atoms with Crippen LogP contribution in [-0.2, 0) is 6.61 Å². The fraction of sp³-hybridized carbons (Fsp3) is 0.0870. The van der Waals surface area contributed by atoms with Crippen molar-refractivity contribution in [3.8, 4) is 22.8 Å². The highest BCUT2D eigenvalue weighted by Gasteiger charge is 2.17. The van der Waals surface area contributed by atoms with Gasteiger partial charge in [0.25, 0.3) is 0 Å². The fourth-order valence-corrected chi connectivity index (χ4v) is 2.92. The summed E-state index contributed by atoms with van der Waals surface area (Å²) in [6.45, 7) is 0.285. The van der Waals surface area contributed by atoms with Crippen LogP contribution in [0.15, 0.2) is 88.1 Å². The standard InChI is InChI=1S/C23H18O4/c1-25-18-13-11-17(12-14-18)22-23(26-15-16-7-3-2-4-8-16)21(24)19-9-5-6-10-20(19)27-22/h2-14H,15H2,1H3. The first kappa shape index (κ1) is 16.9. The van der Waals surface area contributed by atoms with Gasteiger partial charge in [-0.15, -0.1) is 0 Å². The molecule has 27 heavy (non-hydrogen) atoms. The third kappa shape index (κ3) is 3.42. The Balaban J connectivity index is 1.83. The highest BCUT2D eigenvalue weighted by Crippen LogP contribution is 2.32. The SMILES string of the molecule is COc1ccc(-c2oc3ccccc3c(=O)c2OCc2ccccc2)cc1. The smallest absolute Gasteiger partial charge is 0.235 e. The topological polar surface area (TPSA) is 48.7 Å². The van der Waals surface area contributed by atoms with Crippen molar-refractivity contribution in [1.29, 1.82) is 0 Å². The van der Waals surface area contributed by atoms with Gasteiger partial charge in [-0.1, -0.05) is 42.5 Å². The van der Waals surface area contributed by atoms with Crippen molar-refractivity contribution in [2.45, 2.75) is 6.61 Å². The second kappa shape index (κ2) is 7.38. The molecule has 0 aliphatic heterocycles. The van der Waals surface area contributed by atoms with Crippen LogP contribution in [0.4, 0.5) is 0 Å². The third-order valence-electron chi connectivity index (χ3n) is 4.33. The number of benzene rings is 3. The summed E-state index contributed by atoms with van der Waals surface area (Å²) in [6.07, 6.45) is 0. The molecule has 0 aliphatic rings. The highest BCUT2D eigenvalue weighted by atomic mass is 16.5. The van der Waals surface area contributed by atoms with Gasteiger partial charge in [-0.2, -0.15) is 0 Å². The van der Waals surface area contributed by atoms with E-state index in [9.17, 15) is 4.79 Å². The van der Waals surface area contributed by atoms with Crippen LogP contribution in [-0.4, -0.2) is 7.11 Å². The van der Waals surface area contributed by atoms with Crippen molar-refractivity contribution in [3.63, 3.8) is 0 Å². The van der Waals surface area contributed by atoms with Crippen LogP contribution in [0.2, 0.25) is 0 Å². The molecule has 1 heterocycles. The van der Waals surface area contributed by atoms with Gasteiger partial charge in [-0.25, -0.2) is 0 Å². The lowest BCUT2D eigenvalue weighted by molar-refractivity contribution is 0.298. The number of hydrogen-bond acceptors (Lipinski definition) is 4. The second-order valence-electron chi connectivity index (χ2n) is 6.09. The Morgan fingerprint density at radius 3 is 2.30 bits per heavy atom. The zero-order valence-corrected chi connectivity index (χ0v) is 14.8. The van der Waals surface area contributed by atoms with Gasteiger partial charge in [0.15, 0.2) is 5.76 Å². The minimum Gasteiger partial charge on any atom is -0.497 e. The van der Waals surface area contributed by atoms with E-state index in [0.29, 0.717) is 16.7 Å². The normalized spacial score (nSPS) is 10.7. The molecule has 0 aliphatic carbocycles. The van der Waals surface area contributed by atoms with E-state index >= 15 is 0 Å². The van der Waals surface area contributed by atoms with Gasteiger partial charge in [-0.05, 0) is 42.0 Å². The fourth-order valence-electron chi connectivity index (χ4n) is 2.92. The average molecular weight is 358 g/mol. The summed E-state index contributed by atoms with van der Waals surface area (Å²) in [5.74, 6) is 1.36. The van der Waals surface area contributed by atoms with Gasteiger partial charge in [0.1, 0.15) is 17.9 Å². The molecule has 1 aromatic heterocycles. The second-order valence-corrected chi connectivity index (χ2v) is 6.09. The summed E-state index contributed by atoms with van der Waals surface area (Å²) in [5.41, 5.74) is 2.08. The molecule has 0 amide bonds. The molecule has 0 atom stereocenters. The lowest BCUT2D eigenvalue weighted by atomic mass is 10.1. The minimum atomic E-state index is -0.182. The van der Waals surface area contributed by atoms with E-state index in [4.69, 9.17) is 13.9 Å². The first-order chi connectivity index (χ1) is 13.3. The zero-order chi connectivity index (χ0) is 18.6. The molecule has 4 nitrogen and oxygen atoms in total. The lowest BCUT2D eigenvalue weighted by Crippen LogP contribution is -2.10. The molecule has 0 spiro atoms. The van der Waals surface area contributed by atoms with E-state index in [1.807, 2.05) is 66.7 Å². The lowest BCUT2D eigenvalue weighted by Gasteiger charge is -2.12. The van der Waals surface area contributed by atoms with E-state index in [2.05, 4.69) is 0 Å². The Morgan fingerprint density at radius 2 is 1.56 bits per heavy atom. The van der Waals surface area contributed by atoms with Gasteiger partial charge < -0.3 is 13.9 Å². The molecule has 4 rings (SSSR count). The van der Waals surface area contributed by atoms with Crippen molar-refractivity contribution in [2.75, 3.05) is 7.11 Å². The molecule has 0 unspecified atom stereocenters. The first-order valence-electron chi connectivity index (χ1n) is 8.63. The van der Waals surface area contributed by atoms with Gasteiger partial charge in [0.2, 0.25) is 11.2 Å². The maximum atomic E-state index is 13.1. The molecule has 134 valence electrons. The summed E-state index contributed by atoms with van der Waals surface area (Å²) in [6, 6.07) is 24.2. The van der Waals surface area contributed by atoms with Crippen LogP contribution in [0.5, 0.6) is 11.5 Å². The molecule has 0 saturated carbocycles. The summed E-state index contributed by atoms with van der Waals surface area (Å²) < 4.78 is 17.2. The van der Waals surface area contributed by atoms with Crippen LogP contribution in [0, 0.1) is 0 Å². The van der Waals surface area contributed by atoms with Gasteiger partial charge in [-0.3, -0.25) is 4.79 Å². The largest absolute Gasteiger partial charge is 0.497 e. The Labute approximate surface area is 156 Å². The Kier molecular flexibility index (Phi) is 4.62. The number of para-hydroxylation sites is 1. The molecule has 0 bridgehead atoms. The van der Waals surface area contributed by atoms with Crippen LogP contribution >= 0.6 is 0 Å². The van der Waals surface area contributed by atoms with Crippen molar-refractivity contribution in [3.05, 3.63) is 94.6 Å². The Bertz CT molecular complexity index is 1110. The van der Waals surface area contributed by atoms with Crippen LogP contribution < -0.4 is 14.9 Å². The van der Waals surface area contributed by atoms with E-state index in [1.54, 1.807) is 19.2 Å². The van der Waals surface area contributed by atoms with Crippen molar-refractivity contribution < 1.29 is 13.9 Å². The quantitative estimate of drug-likeness (QED) is 0.501. The number of hydrogen-bond donors (Lipinski definition) is 0. The first-order valence-corrected chi connectivity index (χ1v) is 8.63. The molecule has 3 aromatic carbocycles. The molecule has 4 aromatic rings. The predicted molar refractivity (Wildman–Crippen MR) is 105 cm³/mol. The van der Waals surface area contributed by atoms with Crippen LogP contribution in [0.1, 0.15) is 5.56 Å². The van der Waals surface area contributed by atoms with Gasteiger partial charge in [0, 0.05) is 5.56 Å². The number of methoxy groups -OCH3 is 1. The highest BCUT2D eigenvalue weighted by molar-refractivity contribution is 5.82. The monoisotopic (exact) mass is 358 g/mol. The van der Waals surface area contributed by atoms with E-state index < -0.39 is 0 Å². The number of ether oxygens (including phenoxy) is 2. The Morgan fingerprint density at radius 1 is 0.852 bits per heavy atom. The molecule has 0 saturated heterocycles. The maximum Gasteiger partial charge on any atom is 0.235 e. The molecule has 0 radical (unpaired) electrons. The van der Waals surface area contributed by atoms with Crippen LogP contribution in [0.3, 0.4) is 0 Å². The summed E-state index contributed by atoms with van der Waals surface area (Å²) in [7, 11) is 1.61. The Hall–Kier alpha value is -3.53. The van der Waals surface area contributed by atoms with Crippen molar-refractivity contribution in [1.82, 2.24) is 0 Å². The van der Waals surface area contributed by atoms with Gasteiger partial charge >= 0.3 is 0 Å². The van der Waals surface area contributed by atoms with Gasteiger partial charge in [0.05, 0.1) is 12.5 Å². The molecular weight excluding hydrogens is 340 g/mol. The van der Waals surface area contributed by atoms with E-state index in [0.717, 1.165) is 16.9 Å². The van der Waals surface area contributed by atoms with E-state index in [1.165, 1.54) is 0 Å². The van der Waals surface area contributed by atoms with Crippen molar-refractivity contribution in [2.24, 2.45) is 0 Å². The number of rotatable bonds is 5. The van der Waals surface area contributed by atoms with E-state index in [-0.39, 0.29) is 17.8 Å². The van der Waals surface area contributed by atoms with Crippen molar-refractivity contribution >= 4 is 11.0 Å². The molecular formula is C23H18O4. The molecule has 0 fully saturated rings. The summed E-state index contributed by atoms with van der Waals surface area (Å²) in [4.78, 5) is 13.1. The maximum absolute atomic E-state index is 13.1. The summed E-state index contributed by atoms with van der Waals surface area (Å²) >= 11 is 0. The molecule has 4 heteroatoms. The zero-order valence-electron chi connectivity index (χ0n) is 14.8. The minimum absolute atomic E-state index is 0.182. The third-order valence-corrected chi connectivity index (χ3v) is 4.33. The average Bonchev–Trinajstić information content (AvgIpc) is 2.74.